The Hall–Kier alpha value is -1.23. The molecule has 0 aliphatic carbocycles. The summed E-state index contributed by atoms with van der Waals surface area (Å²) in [6.45, 7) is 0. The molecular formula is C9H6ClF3O2. The zero-order valence-electron chi connectivity index (χ0n) is 7.29. The third-order valence-corrected chi connectivity index (χ3v) is 1.76. The maximum absolute atomic E-state index is 12.7. The van der Waals surface area contributed by atoms with Crippen LogP contribution < -0.4 is 4.74 Å². The number of hydrogen-bond acceptors (Lipinski definition) is 2. The van der Waals surface area contributed by atoms with Crippen LogP contribution in [0.1, 0.15) is 10.4 Å². The Bertz CT molecular complexity index is 355. The van der Waals surface area contributed by atoms with Crippen LogP contribution in [0.25, 0.3) is 0 Å². The van der Waals surface area contributed by atoms with E-state index in [4.69, 9.17) is 0 Å². The van der Waals surface area contributed by atoms with Crippen LogP contribution in [-0.2, 0) is 0 Å². The van der Waals surface area contributed by atoms with E-state index >= 15 is 0 Å². The van der Waals surface area contributed by atoms with E-state index in [1.807, 2.05) is 0 Å². The maximum atomic E-state index is 12.7. The predicted molar refractivity (Wildman–Crippen MR) is 48.2 cm³/mol. The van der Waals surface area contributed by atoms with Crippen molar-refractivity contribution in [3.8, 4) is 5.75 Å². The third-order valence-electron chi connectivity index (χ3n) is 1.50. The van der Waals surface area contributed by atoms with Gasteiger partial charge < -0.3 is 4.74 Å². The van der Waals surface area contributed by atoms with Gasteiger partial charge in [0.05, 0.1) is 0 Å². The molecule has 82 valence electrons. The molecule has 0 unspecified atom stereocenters. The van der Waals surface area contributed by atoms with E-state index in [0.717, 1.165) is 6.07 Å². The largest absolute Gasteiger partial charge is 0.444 e. The number of carbonyl (C=O) groups is 1. The number of hydrogen-bond donors (Lipinski definition) is 0. The van der Waals surface area contributed by atoms with Crippen molar-refractivity contribution in [1.29, 1.82) is 0 Å². The summed E-state index contributed by atoms with van der Waals surface area (Å²) < 4.78 is 41.5. The molecule has 0 N–H and O–H groups in total. The second kappa shape index (κ2) is 4.53. The predicted octanol–water partition coefficient (Wildman–Crippen LogP) is 3.01. The summed E-state index contributed by atoms with van der Waals surface area (Å²) in [4.78, 5) is 10.3. The summed E-state index contributed by atoms with van der Waals surface area (Å²) in [5, 5.41) is 0. The lowest BCUT2D eigenvalue weighted by molar-refractivity contribution is -0.199. The van der Waals surface area contributed by atoms with Gasteiger partial charge in [-0.3, -0.25) is 4.79 Å². The van der Waals surface area contributed by atoms with Crippen molar-refractivity contribution in [2.45, 2.75) is 11.7 Å². The standard InChI is InChI=1S/C9H6ClF3O2/c10-8(11)9(12,13)15-7-3-1-2-6(4-7)5-14/h1-5,8H/t8-/m1/s1. The maximum Gasteiger partial charge on any atom is 0.444 e. The van der Waals surface area contributed by atoms with E-state index in [-0.39, 0.29) is 11.3 Å². The number of carbonyl (C=O) groups excluding carboxylic acids is 1. The normalized spacial score (nSPS) is 13.3. The van der Waals surface area contributed by atoms with E-state index in [1.54, 1.807) is 0 Å². The van der Waals surface area contributed by atoms with Gasteiger partial charge in [-0.05, 0) is 12.1 Å². The smallest absolute Gasteiger partial charge is 0.429 e. The molecular weight excluding hydrogens is 233 g/mol. The molecule has 0 bridgehead atoms. The van der Waals surface area contributed by atoms with Crippen LogP contribution in [0.5, 0.6) is 5.75 Å². The first kappa shape index (κ1) is 11.8. The fourth-order valence-electron chi connectivity index (χ4n) is 0.853. The van der Waals surface area contributed by atoms with Crippen molar-refractivity contribution >= 4 is 17.9 Å². The molecule has 2 nitrogen and oxygen atoms in total. The highest BCUT2D eigenvalue weighted by Crippen LogP contribution is 2.28. The van der Waals surface area contributed by atoms with E-state index in [0.29, 0.717) is 6.29 Å². The molecule has 0 aromatic heterocycles. The highest BCUT2D eigenvalue weighted by Gasteiger charge is 2.42. The van der Waals surface area contributed by atoms with Gasteiger partial charge in [-0.15, -0.1) is 0 Å². The van der Waals surface area contributed by atoms with Crippen molar-refractivity contribution in [2.75, 3.05) is 0 Å². The quantitative estimate of drug-likeness (QED) is 0.595. The van der Waals surface area contributed by atoms with Crippen LogP contribution in [0.15, 0.2) is 24.3 Å². The number of ether oxygens (including phenoxy) is 1. The van der Waals surface area contributed by atoms with Gasteiger partial charge in [-0.1, -0.05) is 23.7 Å². The molecule has 0 radical (unpaired) electrons. The molecule has 0 aliphatic heterocycles. The van der Waals surface area contributed by atoms with Crippen LogP contribution in [0.3, 0.4) is 0 Å². The number of aldehydes is 1. The molecule has 6 heteroatoms. The van der Waals surface area contributed by atoms with Crippen molar-refractivity contribution < 1.29 is 22.7 Å². The Kier molecular flexibility index (Phi) is 3.57. The fraction of sp³-hybridized carbons (Fsp3) is 0.222. The van der Waals surface area contributed by atoms with Crippen molar-refractivity contribution in [2.24, 2.45) is 0 Å². The average Bonchev–Trinajstić information content (AvgIpc) is 2.17. The minimum Gasteiger partial charge on any atom is -0.429 e. The second-order valence-electron chi connectivity index (χ2n) is 2.65. The van der Waals surface area contributed by atoms with Crippen LogP contribution >= 0.6 is 11.6 Å². The van der Waals surface area contributed by atoms with Gasteiger partial charge >= 0.3 is 6.11 Å². The third kappa shape index (κ3) is 3.13. The number of alkyl halides is 4. The molecule has 0 saturated heterocycles. The van der Waals surface area contributed by atoms with Crippen molar-refractivity contribution in [3.05, 3.63) is 29.8 Å². The van der Waals surface area contributed by atoms with Crippen LogP contribution in [0.4, 0.5) is 13.2 Å². The lowest BCUT2D eigenvalue weighted by Gasteiger charge is -2.17. The zero-order chi connectivity index (χ0) is 11.5. The summed E-state index contributed by atoms with van der Waals surface area (Å²) in [6.07, 6.45) is -3.66. The molecule has 15 heavy (non-hydrogen) atoms. The van der Waals surface area contributed by atoms with Crippen molar-refractivity contribution in [3.63, 3.8) is 0 Å². The molecule has 0 heterocycles. The molecule has 1 rings (SSSR count). The molecule has 1 atom stereocenters. The Morgan fingerprint density at radius 1 is 1.47 bits per heavy atom. The van der Waals surface area contributed by atoms with Gasteiger partial charge in [0.2, 0.25) is 0 Å². The first-order chi connectivity index (χ1) is 6.95. The summed E-state index contributed by atoms with van der Waals surface area (Å²) in [7, 11) is 0. The van der Waals surface area contributed by atoms with Gasteiger partial charge in [0, 0.05) is 5.56 Å². The highest BCUT2D eigenvalue weighted by molar-refractivity contribution is 6.20. The molecule has 1 aromatic rings. The fourth-order valence-corrected chi connectivity index (χ4v) is 0.898. The van der Waals surface area contributed by atoms with Crippen LogP contribution in [-0.4, -0.2) is 18.0 Å². The van der Waals surface area contributed by atoms with Crippen LogP contribution in [0.2, 0.25) is 0 Å². The van der Waals surface area contributed by atoms with Gasteiger partial charge in [0.1, 0.15) is 12.0 Å². The lowest BCUT2D eigenvalue weighted by Crippen LogP contribution is -2.32. The molecule has 0 aliphatic rings. The molecule has 1 aromatic carbocycles. The summed E-state index contributed by atoms with van der Waals surface area (Å²) >= 11 is 4.58. The van der Waals surface area contributed by atoms with Crippen LogP contribution in [0, 0.1) is 0 Å². The van der Waals surface area contributed by atoms with Gasteiger partial charge in [-0.2, -0.15) is 8.78 Å². The van der Waals surface area contributed by atoms with E-state index < -0.39 is 11.7 Å². The van der Waals surface area contributed by atoms with Gasteiger partial charge in [0.15, 0.2) is 0 Å². The first-order valence-corrected chi connectivity index (χ1v) is 4.29. The summed E-state index contributed by atoms with van der Waals surface area (Å²) in [5.41, 5.74) is -2.80. The average molecular weight is 239 g/mol. The highest BCUT2D eigenvalue weighted by atomic mass is 35.5. The molecule has 0 saturated carbocycles. The van der Waals surface area contributed by atoms with Gasteiger partial charge in [0.25, 0.3) is 5.63 Å². The minimum atomic E-state index is -4.12. The Morgan fingerprint density at radius 3 is 2.67 bits per heavy atom. The monoisotopic (exact) mass is 238 g/mol. The molecule has 0 amide bonds. The number of benzene rings is 1. The topological polar surface area (TPSA) is 26.3 Å². The summed E-state index contributed by atoms with van der Waals surface area (Å²) in [6, 6.07) is 4.95. The second-order valence-corrected chi connectivity index (χ2v) is 3.04. The molecule has 0 spiro atoms. The van der Waals surface area contributed by atoms with E-state index in [1.165, 1.54) is 18.2 Å². The number of rotatable bonds is 4. The Morgan fingerprint density at radius 2 is 2.13 bits per heavy atom. The minimum absolute atomic E-state index is 0.147. The van der Waals surface area contributed by atoms with E-state index in [9.17, 15) is 18.0 Å². The first-order valence-electron chi connectivity index (χ1n) is 3.86. The SMILES string of the molecule is O=Cc1cccc(OC(F)(F)[C@@H](F)Cl)c1. The van der Waals surface area contributed by atoms with Gasteiger partial charge in [-0.25, -0.2) is 4.39 Å². The van der Waals surface area contributed by atoms with Crippen molar-refractivity contribution in [1.82, 2.24) is 0 Å². The number of halogens is 4. The lowest BCUT2D eigenvalue weighted by atomic mass is 10.2. The summed E-state index contributed by atoms with van der Waals surface area (Å²) in [5.74, 6) is -0.326. The zero-order valence-corrected chi connectivity index (χ0v) is 8.05. The Balaban J connectivity index is 2.84. The Labute approximate surface area is 88.6 Å². The molecule has 0 fully saturated rings. The van der Waals surface area contributed by atoms with E-state index in [2.05, 4.69) is 16.3 Å².